The van der Waals surface area contributed by atoms with Gasteiger partial charge in [-0.15, -0.1) is 0 Å². The van der Waals surface area contributed by atoms with Crippen LogP contribution in [0.1, 0.15) is 25.7 Å². The maximum atomic E-state index is 13.1. The SMILES string of the molecule is NCC1(NS(=O)(=O)c2ccc(F)c(F)c2)CCCC1. The first kappa shape index (κ1) is 14.4. The highest BCUT2D eigenvalue weighted by atomic mass is 32.2. The molecule has 0 radical (unpaired) electrons. The number of benzene rings is 1. The van der Waals surface area contributed by atoms with Crippen molar-refractivity contribution in [3.05, 3.63) is 29.8 Å². The zero-order chi connectivity index (χ0) is 14.1. The number of hydrogen-bond acceptors (Lipinski definition) is 3. The summed E-state index contributed by atoms with van der Waals surface area (Å²) < 4.78 is 52.8. The molecule has 19 heavy (non-hydrogen) atoms. The van der Waals surface area contributed by atoms with E-state index in [-0.39, 0.29) is 11.4 Å². The molecule has 3 N–H and O–H groups in total. The Morgan fingerprint density at radius 1 is 1.21 bits per heavy atom. The molecule has 0 saturated heterocycles. The van der Waals surface area contributed by atoms with Crippen molar-refractivity contribution in [2.75, 3.05) is 6.54 Å². The van der Waals surface area contributed by atoms with Gasteiger partial charge in [0.05, 0.1) is 4.90 Å². The molecule has 0 aliphatic heterocycles. The topological polar surface area (TPSA) is 72.2 Å². The average molecular weight is 290 g/mol. The third-order valence-corrected chi connectivity index (χ3v) is 5.08. The molecule has 106 valence electrons. The zero-order valence-electron chi connectivity index (χ0n) is 10.3. The van der Waals surface area contributed by atoms with E-state index in [1.54, 1.807) is 0 Å². The molecule has 0 unspecified atom stereocenters. The van der Waals surface area contributed by atoms with E-state index in [4.69, 9.17) is 5.73 Å². The quantitative estimate of drug-likeness (QED) is 0.883. The van der Waals surface area contributed by atoms with E-state index < -0.39 is 27.2 Å². The summed E-state index contributed by atoms with van der Waals surface area (Å²) in [6, 6.07) is 2.52. The van der Waals surface area contributed by atoms with Crippen LogP contribution in [-0.2, 0) is 10.0 Å². The molecule has 0 bridgehead atoms. The molecule has 1 aromatic rings. The van der Waals surface area contributed by atoms with Crippen molar-refractivity contribution in [2.24, 2.45) is 5.73 Å². The maximum absolute atomic E-state index is 13.1. The van der Waals surface area contributed by atoms with Gasteiger partial charge in [-0.05, 0) is 31.0 Å². The number of rotatable bonds is 4. The van der Waals surface area contributed by atoms with Gasteiger partial charge >= 0.3 is 0 Å². The smallest absolute Gasteiger partial charge is 0.241 e. The van der Waals surface area contributed by atoms with Crippen molar-refractivity contribution in [1.29, 1.82) is 0 Å². The van der Waals surface area contributed by atoms with Gasteiger partial charge in [0, 0.05) is 12.1 Å². The van der Waals surface area contributed by atoms with Crippen LogP contribution in [0.25, 0.3) is 0 Å². The lowest BCUT2D eigenvalue weighted by Crippen LogP contribution is -2.51. The van der Waals surface area contributed by atoms with E-state index in [0.717, 1.165) is 25.0 Å². The number of halogens is 2. The predicted molar refractivity (Wildman–Crippen MR) is 66.9 cm³/mol. The first-order valence-corrected chi connectivity index (χ1v) is 7.56. The van der Waals surface area contributed by atoms with Gasteiger partial charge in [0.15, 0.2) is 11.6 Å². The Labute approximate surface area is 111 Å². The van der Waals surface area contributed by atoms with Crippen LogP contribution in [0, 0.1) is 11.6 Å². The highest BCUT2D eigenvalue weighted by molar-refractivity contribution is 7.89. The van der Waals surface area contributed by atoms with Crippen molar-refractivity contribution in [2.45, 2.75) is 36.1 Å². The van der Waals surface area contributed by atoms with Crippen molar-refractivity contribution < 1.29 is 17.2 Å². The normalized spacial score (nSPS) is 18.7. The molecule has 0 amide bonds. The third-order valence-electron chi connectivity index (χ3n) is 3.50. The fraction of sp³-hybridized carbons (Fsp3) is 0.500. The summed E-state index contributed by atoms with van der Waals surface area (Å²) in [7, 11) is -3.89. The van der Waals surface area contributed by atoms with Crippen LogP contribution < -0.4 is 10.5 Å². The summed E-state index contributed by atoms with van der Waals surface area (Å²) in [4.78, 5) is -0.286. The van der Waals surface area contributed by atoms with Gasteiger partial charge in [0.1, 0.15) is 0 Å². The lowest BCUT2D eigenvalue weighted by molar-refractivity contribution is 0.399. The van der Waals surface area contributed by atoms with Crippen molar-refractivity contribution in [1.82, 2.24) is 4.72 Å². The van der Waals surface area contributed by atoms with Crippen LogP contribution in [0.2, 0.25) is 0 Å². The molecular formula is C12H16F2N2O2S. The summed E-state index contributed by atoms with van der Waals surface area (Å²) in [5.74, 6) is -2.26. The van der Waals surface area contributed by atoms with Gasteiger partial charge in [-0.1, -0.05) is 12.8 Å². The van der Waals surface area contributed by atoms with Crippen molar-refractivity contribution in [3.63, 3.8) is 0 Å². The van der Waals surface area contributed by atoms with E-state index in [2.05, 4.69) is 4.72 Å². The fourth-order valence-electron chi connectivity index (χ4n) is 2.39. The minimum atomic E-state index is -3.89. The highest BCUT2D eigenvalue weighted by Crippen LogP contribution is 2.30. The standard InChI is InChI=1S/C12H16F2N2O2S/c13-10-4-3-9(7-11(10)14)19(17,18)16-12(8-15)5-1-2-6-12/h3-4,7,16H,1-2,5-6,8,15H2. The largest absolute Gasteiger partial charge is 0.329 e. The predicted octanol–water partition coefficient (Wildman–Crippen LogP) is 1.51. The fourth-order valence-corrected chi connectivity index (χ4v) is 3.87. The lowest BCUT2D eigenvalue weighted by atomic mass is 10.0. The molecule has 1 aromatic carbocycles. The minimum Gasteiger partial charge on any atom is -0.329 e. The van der Waals surface area contributed by atoms with Crippen LogP contribution in [0.15, 0.2) is 23.1 Å². The van der Waals surface area contributed by atoms with Gasteiger partial charge in [-0.2, -0.15) is 0 Å². The van der Waals surface area contributed by atoms with Gasteiger partial charge in [0.25, 0.3) is 0 Å². The summed E-state index contributed by atoms with van der Waals surface area (Å²) in [6.45, 7) is 0.190. The van der Waals surface area contributed by atoms with E-state index in [9.17, 15) is 17.2 Å². The van der Waals surface area contributed by atoms with E-state index in [1.807, 2.05) is 0 Å². The molecule has 0 spiro atoms. The maximum Gasteiger partial charge on any atom is 0.241 e. The molecule has 1 aliphatic carbocycles. The molecule has 2 rings (SSSR count). The van der Waals surface area contributed by atoms with Gasteiger partial charge in [-0.3, -0.25) is 0 Å². The number of sulfonamides is 1. The first-order valence-electron chi connectivity index (χ1n) is 6.08. The Hall–Kier alpha value is -1.05. The van der Waals surface area contributed by atoms with Crippen LogP contribution in [0.3, 0.4) is 0 Å². The molecule has 1 fully saturated rings. The van der Waals surface area contributed by atoms with Gasteiger partial charge in [-0.25, -0.2) is 21.9 Å². The summed E-state index contributed by atoms with van der Waals surface area (Å²) in [5, 5.41) is 0. The second-order valence-electron chi connectivity index (χ2n) is 4.87. The Bertz CT molecular complexity index is 569. The van der Waals surface area contributed by atoms with Gasteiger partial charge < -0.3 is 5.73 Å². The first-order chi connectivity index (χ1) is 8.88. The minimum absolute atomic E-state index is 0.190. The molecule has 4 nitrogen and oxygen atoms in total. The molecule has 0 aromatic heterocycles. The number of nitrogens with two attached hydrogens (primary N) is 1. The molecule has 7 heteroatoms. The second-order valence-corrected chi connectivity index (χ2v) is 6.56. The Morgan fingerprint density at radius 3 is 2.37 bits per heavy atom. The summed E-state index contributed by atoms with van der Waals surface area (Å²) in [6.07, 6.45) is 3.12. The Kier molecular flexibility index (Phi) is 3.89. The summed E-state index contributed by atoms with van der Waals surface area (Å²) in [5.41, 5.74) is 4.98. The van der Waals surface area contributed by atoms with E-state index in [1.165, 1.54) is 0 Å². The molecule has 0 atom stereocenters. The Balaban J connectivity index is 2.29. The van der Waals surface area contributed by atoms with E-state index >= 15 is 0 Å². The van der Waals surface area contributed by atoms with Crippen molar-refractivity contribution in [3.8, 4) is 0 Å². The Morgan fingerprint density at radius 2 is 1.84 bits per heavy atom. The van der Waals surface area contributed by atoms with Gasteiger partial charge in [0.2, 0.25) is 10.0 Å². The second kappa shape index (κ2) is 5.15. The molecule has 1 saturated carbocycles. The number of nitrogens with one attached hydrogen (secondary N) is 1. The molecule has 1 aliphatic rings. The van der Waals surface area contributed by atoms with Crippen LogP contribution in [0.4, 0.5) is 8.78 Å². The molecular weight excluding hydrogens is 274 g/mol. The zero-order valence-corrected chi connectivity index (χ0v) is 11.1. The van der Waals surface area contributed by atoms with Crippen molar-refractivity contribution >= 4 is 10.0 Å². The lowest BCUT2D eigenvalue weighted by Gasteiger charge is -2.28. The van der Waals surface area contributed by atoms with Crippen LogP contribution in [0.5, 0.6) is 0 Å². The monoisotopic (exact) mass is 290 g/mol. The highest BCUT2D eigenvalue weighted by Gasteiger charge is 2.36. The third kappa shape index (κ3) is 2.93. The number of hydrogen-bond donors (Lipinski definition) is 2. The van der Waals surface area contributed by atoms with Crippen LogP contribution >= 0.6 is 0 Å². The molecule has 0 heterocycles. The van der Waals surface area contributed by atoms with Crippen LogP contribution in [-0.4, -0.2) is 20.5 Å². The average Bonchev–Trinajstić information content (AvgIpc) is 2.81. The van der Waals surface area contributed by atoms with E-state index in [0.29, 0.717) is 18.9 Å². The summed E-state index contributed by atoms with van der Waals surface area (Å²) >= 11 is 0.